The lowest BCUT2D eigenvalue weighted by atomic mass is 9.94. The lowest BCUT2D eigenvalue weighted by Crippen LogP contribution is -2.32. The van der Waals surface area contributed by atoms with Crippen LogP contribution in [0.3, 0.4) is 0 Å². The zero-order valence-corrected chi connectivity index (χ0v) is 21.0. The van der Waals surface area contributed by atoms with Crippen LogP contribution in [0.5, 0.6) is 17.2 Å². The van der Waals surface area contributed by atoms with E-state index in [1.807, 2.05) is 30.3 Å². The molecule has 0 bridgehead atoms. The number of carbonyl (C=O) groups is 2. The monoisotopic (exact) mass is 503 g/mol. The third-order valence-electron chi connectivity index (χ3n) is 6.16. The number of Topliss-reactive ketones (excluding diaryl/α,β-unsaturated/α-hetero) is 1. The highest BCUT2D eigenvalue weighted by atomic mass is 16.5. The van der Waals surface area contributed by atoms with E-state index >= 15 is 0 Å². The summed E-state index contributed by atoms with van der Waals surface area (Å²) in [6.45, 7) is 0.734. The van der Waals surface area contributed by atoms with Crippen LogP contribution in [0.25, 0.3) is 5.76 Å². The first kappa shape index (κ1) is 25.8. The number of carbonyl (C=O) groups excluding carboxylic acids is 2. The first-order valence-electron chi connectivity index (χ1n) is 11.7. The van der Waals surface area contributed by atoms with E-state index in [9.17, 15) is 14.7 Å². The van der Waals surface area contributed by atoms with Crippen molar-refractivity contribution in [1.82, 2.24) is 4.90 Å². The second-order valence-corrected chi connectivity index (χ2v) is 8.40. The predicted octanol–water partition coefficient (Wildman–Crippen LogP) is 4.35. The summed E-state index contributed by atoms with van der Waals surface area (Å²) < 4.78 is 21.9. The predicted molar refractivity (Wildman–Crippen MR) is 138 cm³/mol. The molecular formula is C29H29NO7. The van der Waals surface area contributed by atoms with Crippen LogP contribution in [-0.2, 0) is 20.9 Å². The van der Waals surface area contributed by atoms with Crippen molar-refractivity contribution >= 4 is 17.4 Å². The van der Waals surface area contributed by atoms with Crippen molar-refractivity contribution in [2.45, 2.75) is 12.6 Å². The fraction of sp³-hybridized carbons (Fsp3) is 0.241. The molecule has 1 amide bonds. The standard InChI is InChI=1S/C29H29NO7/c1-34-15-14-30-26(20-10-7-11-22(16-20)37-18-19-8-5-4-6-9-19)25(28(32)29(30)33)27(31)23-17-21(35-2)12-13-24(23)36-3/h4-13,16-17,26,31H,14-15,18H2,1-3H3/b27-25+. The molecular weight excluding hydrogens is 474 g/mol. The van der Waals surface area contributed by atoms with E-state index in [1.54, 1.807) is 42.5 Å². The number of hydrogen-bond donors (Lipinski definition) is 1. The van der Waals surface area contributed by atoms with Crippen molar-refractivity contribution < 1.29 is 33.6 Å². The molecule has 192 valence electrons. The minimum atomic E-state index is -0.855. The second kappa shape index (κ2) is 11.6. The van der Waals surface area contributed by atoms with Crippen LogP contribution in [0.2, 0.25) is 0 Å². The van der Waals surface area contributed by atoms with Gasteiger partial charge < -0.3 is 29.0 Å². The molecule has 1 fully saturated rings. The van der Waals surface area contributed by atoms with Gasteiger partial charge in [0, 0.05) is 13.7 Å². The van der Waals surface area contributed by atoms with Crippen LogP contribution in [0.1, 0.15) is 22.7 Å². The van der Waals surface area contributed by atoms with E-state index in [-0.39, 0.29) is 30.0 Å². The average molecular weight is 504 g/mol. The maximum Gasteiger partial charge on any atom is 0.295 e. The molecule has 0 aromatic heterocycles. The van der Waals surface area contributed by atoms with E-state index in [4.69, 9.17) is 18.9 Å². The molecule has 0 spiro atoms. The summed E-state index contributed by atoms with van der Waals surface area (Å²) in [6.07, 6.45) is 0. The Balaban J connectivity index is 1.79. The Morgan fingerprint density at radius 2 is 1.68 bits per heavy atom. The summed E-state index contributed by atoms with van der Waals surface area (Å²) in [4.78, 5) is 27.8. The van der Waals surface area contributed by atoms with Gasteiger partial charge in [-0.2, -0.15) is 0 Å². The number of ether oxygens (including phenoxy) is 4. The normalized spacial score (nSPS) is 16.6. The Kier molecular flexibility index (Phi) is 8.10. The van der Waals surface area contributed by atoms with Crippen LogP contribution < -0.4 is 14.2 Å². The fourth-order valence-electron chi connectivity index (χ4n) is 4.31. The molecule has 1 heterocycles. The number of ketones is 1. The molecule has 1 saturated heterocycles. The Hall–Kier alpha value is -4.30. The molecule has 0 aliphatic carbocycles. The molecule has 0 radical (unpaired) electrons. The van der Waals surface area contributed by atoms with Crippen molar-refractivity contribution in [2.75, 3.05) is 34.5 Å². The Morgan fingerprint density at radius 1 is 0.892 bits per heavy atom. The maximum absolute atomic E-state index is 13.3. The van der Waals surface area contributed by atoms with Gasteiger partial charge in [-0.05, 0) is 41.5 Å². The largest absolute Gasteiger partial charge is 0.507 e. The van der Waals surface area contributed by atoms with E-state index < -0.39 is 17.7 Å². The molecule has 3 aromatic carbocycles. The highest BCUT2D eigenvalue weighted by molar-refractivity contribution is 6.46. The van der Waals surface area contributed by atoms with Gasteiger partial charge in [-0.3, -0.25) is 9.59 Å². The molecule has 1 N–H and O–H groups in total. The number of aliphatic hydroxyl groups is 1. The minimum Gasteiger partial charge on any atom is -0.507 e. The molecule has 3 aromatic rings. The molecule has 8 nitrogen and oxygen atoms in total. The van der Waals surface area contributed by atoms with Crippen molar-refractivity contribution in [1.29, 1.82) is 0 Å². The van der Waals surface area contributed by atoms with Gasteiger partial charge in [0.25, 0.3) is 11.7 Å². The number of rotatable bonds is 10. The Bertz CT molecular complexity index is 1300. The molecule has 1 aliphatic rings. The zero-order chi connectivity index (χ0) is 26.4. The van der Waals surface area contributed by atoms with E-state index in [0.717, 1.165) is 5.56 Å². The number of amides is 1. The number of methoxy groups -OCH3 is 3. The lowest BCUT2D eigenvalue weighted by Gasteiger charge is -2.25. The number of aliphatic hydroxyl groups excluding tert-OH is 1. The zero-order valence-electron chi connectivity index (χ0n) is 21.0. The van der Waals surface area contributed by atoms with Gasteiger partial charge in [-0.1, -0.05) is 42.5 Å². The topological polar surface area (TPSA) is 94.5 Å². The van der Waals surface area contributed by atoms with Gasteiger partial charge in [-0.25, -0.2) is 0 Å². The SMILES string of the molecule is COCCN1C(=O)C(=O)/C(=C(/O)c2cc(OC)ccc2OC)C1c1cccc(OCc2ccccc2)c1. The van der Waals surface area contributed by atoms with Crippen LogP contribution in [0, 0.1) is 0 Å². The number of benzene rings is 3. The third kappa shape index (κ3) is 5.44. The maximum atomic E-state index is 13.3. The number of nitrogens with zero attached hydrogens (tertiary/aromatic N) is 1. The molecule has 4 rings (SSSR count). The minimum absolute atomic E-state index is 0.0483. The molecule has 1 aliphatic heterocycles. The Labute approximate surface area is 215 Å². The summed E-state index contributed by atoms with van der Waals surface area (Å²) in [7, 11) is 4.47. The van der Waals surface area contributed by atoms with Crippen molar-refractivity contribution in [2.24, 2.45) is 0 Å². The molecule has 0 saturated carbocycles. The average Bonchev–Trinajstić information content (AvgIpc) is 3.19. The smallest absolute Gasteiger partial charge is 0.295 e. The summed E-state index contributed by atoms with van der Waals surface area (Å²) in [6, 6.07) is 20.9. The van der Waals surface area contributed by atoms with E-state index in [1.165, 1.54) is 26.2 Å². The summed E-state index contributed by atoms with van der Waals surface area (Å²) in [5, 5.41) is 11.4. The van der Waals surface area contributed by atoms with Gasteiger partial charge in [0.1, 0.15) is 29.6 Å². The number of hydrogen-bond acceptors (Lipinski definition) is 7. The first-order chi connectivity index (χ1) is 18.0. The van der Waals surface area contributed by atoms with E-state index in [2.05, 4.69) is 0 Å². The van der Waals surface area contributed by atoms with Gasteiger partial charge in [0.05, 0.1) is 38.0 Å². The van der Waals surface area contributed by atoms with Crippen molar-refractivity contribution in [3.8, 4) is 17.2 Å². The highest BCUT2D eigenvalue weighted by Crippen LogP contribution is 2.42. The fourth-order valence-corrected chi connectivity index (χ4v) is 4.31. The Morgan fingerprint density at radius 3 is 2.38 bits per heavy atom. The first-order valence-corrected chi connectivity index (χ1v) is 11.7. The molecule has 1 unspecified atom stereocenters. The number of likely N-dealkylation sites (tertiary alicyclic amines) is 1. The quantitative estimate of drug-likeness (QED) is 0.250. The van der Waals surface area contributed by atoms with E-state index in [0.29, 0.717) is 29.4 Å². The van der Waals surface area contributed by atoms with Gasteiger partial charge >= 0.3 is 0 Å². The molecule has 1 atom stereocenters. The van der Waals surface area contributed by atoms with Crippen LogP contribution in [0.15, 0.2) is 78.4 Å². The van der Waals surface area contributed by atoms with Crippen LogP contribution in [-0.4, -0.2) is 56.2 Å². The highest BCUT2D eigenvalue weighted by Gasteiger charge is 2.46. The second-order valence-electron chi connectivity index (χ2n) is 8.40. The third-order valence-corrected chi connectivity index (χ3v) is 6.16. The van der Waals surface area contributed by atoms with Gasteiger partial charge in [0.15, 0.2) is 0 Å². The lowest BCUT2D eigenvalue weighted by molar-refractivity contribution is -0.140. The summed E-state index contributed by atoms with van der Waals surface area (Å²) in [5.41, 5.74) is 1.81. The summed E-state index contributed by atoms with van der Waals surface area (Å²) >= 11 is 0. The molecule has 8 heteroatoms. The van der Waals surface area contributed by atoms with Gasteiger partial charge in [-0.15, -0.1) is 0 Å². The van der Waals surface area contributed by atoms with Gasteiger partial charge in [0.2, 0.25) is 0 Å². The van der Waals surface area contributed by atoms with Crippen LogP contribution in [0.4, 0.5) is 0 Å². The molecule has 37 heavy (non-hydrogen) atoms. The van der Waals surface area contributed by atoms with Crippen molar-refractivity contribution in [3.63, 3.8) is 0 Å². The summed E-state index contributed by atoms with van der Waals surface area (Å²) in [5.74, 6) is -0.503. The van der Waals surface area contributed by atoms with Crippen molar-refractivity contribution in [3.05, 3.63) is 95.1 Å². The van der Waals surface area contributed by atoms with Crippen LogP contribution >= 0.6 is 0 Å².